The van der Waals surface area contributed by atoms with Crippen LogP contribution in [0.2, 0.25) is 5.15 Å². The minimum absolute atomic E-state index is 0.0529. The Morgan fingerprint density at radius 3 is 2.48 bits per heavy atom. The lowest BCUT2D eigenvalue weighted by atomic mass is 10.2. The number of pyridine rings is 1. The van der Waals surface area contributed by atoms with E-state index < -0.39 is 17.6 Å². The molecule has 0 aliphatic heterocycles. The van der Waals surface area contributed by atoms with Gasteiger partial charge in [0, 0.05) is 34.8 Å². The fourth-order valence-corrected chi connectivity index (χ4v) is 4.51. The molecule has 170 valence electrons. The van der Waals surface area contributed by atoms with Crippen molar-refractivity contribution in [1.82, 2.24) is 4.98 Å². The Balaban J connectivity index is 1.47. The van der Waals surface area contributed by atoms with E-state index in [2.05, 4.69) is 4.98 Å². The monoisotopic (exact) mass is 489 g/mol. The Kier molecular flexibility index (Phi) is 7.05. The van der Waals surface area contributed by atoms with Crippen LogP contribution in [-0.4, -0.2) is 17.6 Å². The van der Waals surface area contributed by atoms with E-state index in [-0.39, 0.29) is 30.5 Å². The van der Waals surface area contributed by atoms with Gasteiger partial charge in [-0.2, -0.15) is 0 Å². The van der Waals surface area contributed by atoms with E-state index >= 15 is 0 Å². The van der Waals surface area contributed by atoms with Crippen molar-refractivity contribution in [3.63, 3.8) is 0 Å². The maximum Gasteiger partial charge on any atom is 0.341 e. The number of hydrogen-bond donors (Lipinski definition) is 0. The third kappa shape index (κ3) is 5.23. The smallest absolute Gasteiger partial charge is 0.341 e. The molecule has 9 heteroatoms. The number of esters is 1. The molecule has 0 aliphatic carbocycles. The van der Waals surface area contributed by atoms with Gasteiger partial charge < -0.3 is 14.2 Å². The highest BCUT2D eigenvalue weighted by Gasteiger charge is 2.18. The van der Waals surface area contributed by atoms with Gasteiger partial charge in [-0.3, -0.25) is 0 Å². The summed E-state index contributed by atoms with van der Waals surface area (Å²) < 4.78 is 44.1. The number of thiophene rings is 1. The predicted molar refractivity (Wildman–Crippen MR) is 122 cm³/mol. The number of ether oxygens (including phenoxy) is 3. The summed E-state index contributed by atoms with van der Waals surface area (Å²) in [7, 11) is 0. The van der Waals surface area contributed by atoms with Crippen molar-refractivity contribution >= 4 is 39.0 Å². The van der Waals surface area contributed by atoms with Crippen LogP contribution in [0.1, 0.15) is 28.4 Å². The lowest BCUT2D eigenvalue weighted by Crippen LogP contribution is -2.05. The van der Waals surface area contributed by atoms with Crippen LogP contribution in [0, 0.1) is 11.6 Å². The minimum Gasteiger partial charge on any atom is -0.489 e. The molecule has 0 saturated heterocycles. The molecular weight excluding hydrogens is 472 g/mol. The molecular formula is C24H18ClF2NO4S. The fourth-order valence-electron chi connectivity index (χ4n) is 3.14. The van der Waals surface area contributed by atoms with Crippen molar-refractivity contribution < 1.29 is 27.8 Å². The first-order valence-corrected chi connectivity index (χ1v) is 11.2. The Morgan fingerprint density at radius 2 is 1.79 bits per heavy atom. The van der Waals surface area contributed by atoms with E-state index in [1.807, 2.05) is 5.38 Å². The molecule has 5 nitrogen and oxygen atoms in total. The molecule has 0 bridgehead atoms. The molecule has 4 aromatic rings. The number of aromatic nitrogens is 1. The van der Waals surface area contributed by atoms with Crippen molar-refractivity contribution in [3.8, 4) is 11.5 Å². The van der Waals surface area contributed by atoms with Crippen molar-refractivity contribution in [2.24, 2.45) is 0 Å². The highest BCUT2D eigenvalue weighted by atomic mass is 35.5. The zero-order valence-electron chi connectivity index (χ0n) is 17.4. The zero-order chi connectivity index (χ0) is 23.4. The van der Waals surface area contributed by atoms with Gasteiger partial charge in [0.25, 0.3) is 0 Å². The molecule has 2 aromatic heterocycles. The summed E-state index contributed by atoms with van der Waals surface area (Å²) in [4.78, 5) is 16.3. The van der Waals surface area contributed by atoms with E-state index in [0.29, 0.717) is 27.1 Å². The number of hydrogen-bond acceptors (Lipinski definition) is 6. The number of fused-ring (bicyclic) bond motifs is 1. The summed E-state index contributed by atoms with van der Waals surface area (Å²) >= 11 is 7.66. The maximum absolute atomic E-state index is 13.8. The molecule has 2 heterocycles. The summed E-state index contributed by atoms with van der Waals surface area (Å²) in [6, 6.07) is 10.2. The lowest BCUT2D eigenvalue weighted by molar-refractivity contribution is 0.0528. The molecule has 0 amide bonds. The summed E-state index contributed by atoms with van der Waals surface area (Å²) in [5, 5.41) is 2.78. The van der Waals surface area contributed by atoms with Gasteiger partial charge >= 0.3 is 5.97 Å². The Morgan fingerprint density at radius 1 is 1.06 bits per heavy atom. The van der Waals surface area contributed by atoms with E-state index in [0.717, 1.165) is 11.6 Å². The summed E-state index contributed by atoms with van der Waals surface area (Å²) in [6.45, 7) is 2.13. The van der Waals surface area contributed by atoms with Crippen molar-refractivity contribution in [3.05, 3.63) is 87.5 Å². The van der Waals surface area contributed by atoms with E-state index in [1.165, 1.54) is 29.7 Å². The Bertz CT molecular complexity index is 1310. The molecule has 33 heavy (non-hydrogen) atoms. The molecule has 4 rings (SSSR count). The van der Waals surface area contributed by atoms with Crippen LogP contribution >= 0.6 is 22.9 Å². The van der Waals surface area contributed by atoms with Crippen LogP contribution in [0.5, 0.6) is 11.5 Å². The topological polar surface area (TPSA) is 57.7 Å². The number of carbonyl (C=O) groups excluding carboxylic acids is 1. The Labute approximate surface area is 197 Å². The summed E-state index contributed by atoms with van der Waals surface area (Å²) in [5.74, 6) is -0.770. The maximum atomic E-state index is 13.8. The largest absolute Gasteiger partial charge is 0.489 e. The average Bonchev–Trinajstić information content (AvgIpc) is 3.23. The van der Waals surface area contributed by atoms with Crippen LogP contribution in [-0.2, 0) is 18.0 Å². The van der Waals surface area contributed by atoms with Crippen LogP contribution in [0.4, 0.5) is 8.78 Å². The number of carbonyl (C=O) groups is 1. The molecule has 0 atom stereocenters. The molecule has 0 radical (unpaired) electrons. The van der Waals surface area contributed by atoms with Crippen molar-refractivity contribution in [1.29, 1.82) is 0 Å². The second-order valence-electron chi connectivity index (χ2n) is 6.94. The predicted octanol–water partition coefficient (Wildman–Crippen LogP) is 6.56. The van der Waals surface area contributed by atoms with Gasteiger partial charge in [-0.1, -0.05) is 17.7 Å². The number of benzene rings is 2. The third-order valence-electron chi connectivity index (χ3n) is 4.73. The van der Waals surface area contributed by atoms with Gasteiger partial charge in [0.2, 0.25) is 0 Å². The van der Waals surface area contributed by atoms with Crippen LogP contribution in [0.15, 0.2) is 54.0 Å². The second kappa shape index (κ2) is 10.1. The molecule has 2 aromatic carbocycles. The van der Waals surface area contributed by atoms with Crippen molar-refractivity contribution in [2.75, 3.05) is 6.61 Å². The zero-order valence-corrected chi connectivity index (χ0v) is 19.0. The highest BCUT2D eigenvalue weighted by Crippen LogP contribution is 2.34. The van der Waals surface area contributed by atoms with E-state index in [1.54, 1.807) is 31.2 Å². The van der Waals surface area contributed by atoms with Crippen molar-refractivity contribution in [2.45, 2.75) is 20.1 Å². The van der Waals surface area contributed by atoms with Crippen LogP contribution < -0.4 is 9.47 Å². The molecule has 0 aliphatic rings. The fraction of sp³-hybridized carbons (Fsp3) is 0.167. The molecule has 0 unspecified atom stereocenters. The third-order valence-corrected chi connectivity index (χ3v) is 6.08. The highest BCUT2D eigenvalue weighted by molar-refractivity contribution is 7.17. The molecule has 0 fully saturated rings. The first-order valence-electron chi connectivity index (χ1n) is 9.97. The SMILES string of the molecule is CCOC(=O)c1cnc(Cl)c2c(COc3cccc(OCc4ccc(F)cc4F)c3)csc12. The quantitative estimate of drug-likeness (QED) is 0.207. The van der Waals surface area contributed by atoms with Gasteiger partial charge in [-0.15, -0.1) is 11.3 Å². The minimum atomic E-state index is -0.667. The first kappa shape index (κ1) is 22.9. The molecule has 0 saturated carbocycles. The molecule has 0 spiro atoms. The Hall–Kier alpha value is -3.23. The molecule has 0 N–H and O–H groups in total. The standard InChI is InChI=1S/C24H18ClF2NO4S/c1-2-30-24(29)19-10-28-23(25)21-15(13-33-22(19)21)12-32-18-5-3-4-17(9-18)31-11-14-6-7-16(26)8-20(14)27/h3-10,13H,2,11-12H2,1H3. The van der Waals surface area contributed by atoms with Gasteiger partial charge in [0.15, 0.2) is 0 Å². The van der Waals surface area contributed by atoms with Crippen LogP contribution in [0.25, 0.3) is 10.1 Å². The number of nitrogens with zero attached hydrogens (tertiary/aromatic N) is 1. The van der Waals surface area contributed by atoms with E-state index in [4.69, 9.17) is 25.8 Å². The number of rotatable bonds is 8. The average molecular weight is 490 g/mol. The normalized spacial score (nSPS) is 10.9. The van der Waals surface area contributed by atoms with Gasteiger partial charge in [-0.05, 0) is 36.6 Å². The number of halogens is 3. The van der Waals surface area contributed by atoms with Crippen LogP contribution in [0.3, 0.4) is 0 Å². The van der Waals surface area contributed by atoms with Gasteiger partial charge in [0.05, 0.1) is 16.9 Å². The van der Waals surface area contributed by atoms with E-state index in [9.17, 15) is 13.6 Å². The lowest BCUT2D eigenvalue weighted by Gasteiger charge is -2.10. The summed E-state index contributed by atoms with van der Waals surface area (Å²) in [6.07, 6.45) is 1.41. The summed E-state index contributed by atoms with van der Waals surface area (Å²) in [5.41, 5.74) is 1.38. The second-order valence-corrected chi connectivity index (χ2v) is 8.17. The van der Waals surface area contributed by atoms with Gasteiger partial charge in [-0.25, -0.2) is 18.6 Å². The van der Waals surface area contributed by atoms with Gasteiger partial charge in [0.1, 0.15) is 41.5 Å². The first-order chi connectivity index (χ1) is 16.0.